The summed E-state index contributed by atoms with van der Waals surface area (Å²) in [5.41, 5.74) is 6.58. The van der Waals surface area contributed by atoms with E-state index in [-0.39, 0.29) is 0 Å². The molecule has 0 N–H and O–H groups in total. The van der Waals surface area contributed by atoms with E-state index in [1.807, 2.05) is 97.1 Å². The average Bonchev–Trinajstić information content (AvgIpc) is 3.50. The molecule has 0 saturated heterocycles. The minimum atomic E-state index is 0.515. The van der Waals surface area contributed by atoms with Gasteiger partial charge >= 0.3 is 0 Å². The lowest BCUT2D eigenvalue weighted by Crippen LogP contribution is -2.00. The summed E-state index contributed by atoms with van der Waals surface area (Å²) >= 11 is 1.66. The van der Waals surface area contributed by atoms with Gasteiger partial charge in [0.1, 0.15) is 0 Å². The standard InChI is InChI=1S/C38H22N6S/c39-23-28-18-10-11-19-29(28)38-40-32(24-12-4-1-5-13-24)34-33(41-38)30-22-27(20-21-31(30)45-34)37-43-35(25-14-6-2-7-15-25)42-36(44-37)26-16-8-3-9-17-26/h1-22H. The molecule has 0 atom stereocenters. The van der Waals surface area contributed by atoms with E-state index in [2.05, 4.69) is 36.4 Å². The number of nitrogens with zero attached hydrogens (tertiary/aromatic N) is 6. The van der Waals surface area contributed by atoms with Gasteiger partial charge in [0.15, 0.2) is 23.3 Å². The van der Waals surface area contributed by atoms with Gasteiger partial charge < -0.3 is 0 Å². The molecule has 7 heteroatoms. The largest absolute Gasteiger partial charge is 0.226 e. The zero-order chi connectivity index (χ0) is 30.2. The smallest absolute Gasteiger partial charge is 0.164 e. The summed E-state index contributed by atoms with van der Waals surface area (Å²) in [4.78, 5) is 24.8. The zero-order valence-corrected chi connectivity index (χ0v) is 24.6. The predicted octanol–water partition coefficient (Wildman–Crippen LogP) is 9.24. The maximum Gasteiger partial charge on any atom is 0.164 e. The van der Waals surface area contributed by atoms with Gasteiger partial charge in [-0.1, -0.05) is 103 Å². The molecular weight excluding hydrogens is 573 g/mol. The van der Waals surface area contributed by atoms with E-state index in [1.54, 1.807) is 17.4 Å². The molecule has 8 rings (SSSR count). The number of thiophene rings is 1. The van der Waals surface area contributed by atoms with E-state index in [1.165, 1.54) is 0 Å². The summed E-state index contributed by atoms with van der Waals surface area (Å²) in [6.07, 6.45) is 0. The molecular formula is C38H22N6S. The van der Waals surface area contributed by atoms with Gasteiger partial charge in [0.2, 0.25) is 0 Å². The number of hydrogen-bond acceptors (Lipinski definition) is 7. The monoisotopic (exact) mass is 594 g/mol. The lowest BCUT2D eigenvalue weighted by Gasteiger charge is -2.09. The topological polar surface area (TPSA) is 88.2 Å². The van der Waals surface area contributed by atoms with Gasteiger partial charge in [-0.3, -0.25) is 0 Å². The van der Waals surface area contributed by atoms with Gasteiger partial charge in [0.05, 0.1) is 27.5 Å². The molecule has 6 nitrogen and oxygen atoms in total. The molecule has 0 saturated carbocycles. The van der Waals surface area contributed by atoms with E-state index in [4.69, 9.17) is 24.9 Å². The fourth-order valence-electron chi connectivity index (χ4n) is 5.41. The Labute approximate surface area is 263 Å². The normalized spacial score (nSPS) is 11.1. The summed E-state index contributed by atoms with van der Waals surface area (Å²) < 4.78 is 2.06. The minimum absolute atomic E-state index is 0.515. The summed E-state index contributed by atoms with van der Waals surface area (Å²) in [5, 5.41) is 10.8. The number of rotatable bonds is 5. The Morgan fingerprint density at radius 3 is 1.67 bits per heavy atom. The molecule has 0 fully saturated rings. The van der Waals surface area contributed by atoms with Gasteiger partial charge in [-0.15, -0.1) is 11.3 Å². The molecule has 3 aromatic heterocycles. The Morgan fingerprint density at radius 2 is 1.04 bits per heavy atom. The van der Waals surface area contributed by atoms with Crippen LogP contribution in [-0.2, 0) is 0 Å². The van der Waals surface area contributed by atoms with E-state index >= 15 is 0 Å². The van der Waals surface area contributed by atoms with E-state index in [0.29, 0.717) is 34.4 Å². The molecule has 45 heavy (non-hydrogen) atoms. The van der Waals surface area contributed by atoms with Crippen LogP contribution in [0.5, 0.6) is 0 Å². The number of aromatic nitrogens is 5. The first kappa shape index (κ1) is 26.5. The summed E-state index contributed by atoms with van der Waals surface area (Å²) in [7, 11) is 0. The first-order valence-electron chi connectivity index (χ1n) is 14.4. The van der Waals surface area contributed by atoms with Crippen LogP contribution in [-0.4, -0.2) is 24.9 Å². The van der Waals surface area contributed by atoms with Crippen LogP contribution in [0.25, 0.3) is 77.1 Å². The molecule has 3 heterocycles. The van der Waals surface area contributed by atoms with Crippen LogP contribution in [0.3, 0.4) is 0 Å². The molecule has 8 aromatic rings. The third-order valence-corrected chi connectivity index (χ3v) is 8.77. The van der Waals surface area contributed by atoms with Crippen LogP contribution in [0.1, 0.15) is 5.56 Å². The summed E-state index contributed by atoms with van der Waals surface area (Å²) in [6, 6.07) is 46.0. The van der Waals surface area contributed by atoms with Gasteiger partial charge in [-0.25, -0.2) is 24.9 Å². The van der Waals surface area contributed by atoms with Crippen LogP contribution in [0.2, 0.25) is 0 Å². The highest BCUT2D eigenvalue weighted by molar-refractivity contribution is 7.26. The van der Waals surface area contributed by atoms with Crippen LogP contribution < -0.4 is 0 Å². The highest BCUT2D eigenvalue weighted by atomic mass is 32.1. The van der Waals surface area contributed by atoms with Crippen molar-refractivity contribution in [3.05, 3.63) is 139 Å². The lowest BCUT2D eigenvalue weighted by atomic mass is 10.1. The van der Waals surface area contributed by atoms with Crippen LogP contribution in [0.4, 0.5) is 0 Å². The molecule has 0 aliphatic heterocycles. The van der Waals surface area contributed by atoms with Crippen molar-refractivity contribution in [3.8, 4) is 62.9 Å². The first-order chi connectivity index (χ1) is 22.2. The maximum atomic E-state index is 9.86. The molecule has 0 aliphatic rings. The van der Waals surface area contributed by atoms with Crippen LogP contribution >= 0.6 is 11.3 Å². The Kier molecular flexibility index (Phi) is 6.60. The predicted molar refractivity (Wildman–Crippen MR) is 180 cm³/mol. The van der Waals surface area contributed by atoms with Crippen molar-refractivity contribution in [2.45, 2.75) is 0 Å². The quantitative estimate of drug-likeness (QED) is 0.197. The maximum absolute atomic E-state index is 9.86. The van der Waals surface area contributed by atoms with Crippen molar-refractivity contribution in [1.29, 1.82) is 5.26 Å². The zero-order valence-electron chi connectivity index (χ0n) is 23.8. The third-order valence-electron chi connectivity index (χ3n) is 7.61. The van der Waals surface area contributed by atoms with Crippen molar-refractivity contribution in [3.63, 3.8) is 0 Å². The molecule has 0 radical (unpaired) electrons. The van der Waals surface area contributed by atoms with Gasteiger partial charge in [0.25, 0.3) is 0 Å². The average molecular weight is 595 g/mol. The molecule has 0 amide bonds. The minimum Gasteiger partial charge on any atom is -0.226 e. The molecule has 0 spiro atoms. The number of nitriles is 1. The van der Waals surface area contributed by atoms with Crippen molar-refractivity contribution in [2.75, 3.05) is 0 Å². The Morgan fingerprint density at radius 1 is 0.489 bits per heavy atom. The van der Waals surface area contributed by atoms with Crippen LogP contribution in [0, 0.1) is 11.3 Å². The fourth-order valence-corrected chi connectivity index (χ4v) is 6.54. The second-order valence-corrected chi connectivity index (χ2v) is 11.5. The Bertz CT molecular complexity index is 2320. The van der Waals surface area contributed by atoms with Crippen molar-refractivity contribution in [2.24, 2.45) is 0 Å². The first-order valence-corrected chi connectivity index (χ1v) is 15.2. The highest BCUT2D eigenvalue weighted by Crippen LogP contribution is 2.41. The number of fused-ring (bicyclic) bond motifs is 3. The lowest BCUT2D eigenvalue weighted by molar-refractivity contribution is 1.07. The molecule has 0 aliphatic carbocycles. The van der Waals surface area contributed by atoms with Gasteiger partial charge in [-0.2, -0.15) is 5.26 Å². The van der Waals surface area contributed by atoms with Gasteiger partial charge in [0, 0.05) is 37.9 Å². The van der Waals surface area contributed by atoms with Crippen molar-refractivity contribution >= 4 is 31.6 Å². The molecule has 210 valence electrons. The van der Waals surface area contributed by atoms with Crippen molar-refractivity contribution in [1.82, 2.24) is 24.9 Å². The van der Waals surface area contributed by atoms with E-state index in [0.717, 1.165) is 48.3 Å². The SMILES string of the molecule is N#Cc1ccccc1-c1nc(-c2ccccc2)c2sc3ccc(-c4nc(-c5ccccc5)nc(-c5ccccc5)n4)cc3c2n1. The van der Waals surface area contributed by atoms with Crippen LogP contribution in [0.15, 0.2) is 133 Å². The molecule has 5 aromatic carbocycles. The Hall–Kier alpha value is -6.10. The molecule has 0 unspecified atom stereocenters. The number of hydrogen-bond donors (Lipinski definition) is 0. The van der Waals surface area contributed by atoms with Gasteiger partial charge in [-0.05, 0) is 30.3 Å². The summed E-state index contributed by atoms with van der Waals surface area (Å²) in [6.45, 7) is 0. The third kappa shape index (κ3) is 4.89. The van der Waals surface area contributed by atoms with E-state index < -0.39 is 0 Å². The second-order valence-electron chi connectivity index (χ2n) is 10.4. The summed E-state index contributed by atoms with van der Waals surface area (Å²) in [5.74, 6) is 2.32. The second kappa shape index (κ2) is 11.2. The van der Waals surface area contributed by atoms with Crippen molar-refractivity contribution < 1.29 is 0 Å². The van der Waals surface area contributed by atoms with E-state index in [9.17, 15) is 5.26 Å². The number of benzene rings is 5. The molecule has 0 bridgehead atoms. The Balaban J connectivity index is 1.37. The highest BCUT2D eigenvalue weighted by Gasteiger charge is 2.19. The fraction of sp³-hybridized carbons (Fsp3) is 0.